The molecule has 0 unspecified atom stereocenters. The topological polar surface area (TPSA) is 63.1 Å². The summed E-state index contributed by atoms with van der Waals surface area (Å²) in [5.41, 5.74) is 2.84. The van der Waals surface area contributed by atoms with Gasteiger partial charge in [0.2, 0.25) is 5.91 Å². The van der Waals surface area contributed by atoms with Gasteiger partial charge >= 0.3 is 0 Å². The first-order valence-electron chi connectivity index (χ1n) is 10.4. The third-order valence-electron chi connectivity index (χ3n) is 5.43. The number of rotatable bonds is 6. The number of anilines is 1. The minimum absolute atomic E-state index is 0.142. The van der Waals surface area contributed by atoms with E-state index in [1.807, 2.05) is 54.9 Å². The van der Waals surface area contributed by atoms with Crippen molar-refractivity contribution in [2.24, 2.45) is 5.92 Å². The SMILES string of the molecule is CC1CCN(c2ccc(CNC(=O)/C=C/c3cnn(-c4ccccc4)c3)cn2)CC1. The molecule has 1 aliphatic heterocycles. The zero-order chi connectivity index (χ0) is 20.8. The van der Waals surface area contributed by atoms with Gasteiger partial charge in [0.05, 0.1) is 11.9 Å². The summed E-state index contributed by atoms with van der Waals surface area (Å²) >= 11 is 0. The molecule has 30 heavy (non-hydrogen) atoms. The van der Waals surface area contributed by atoms with Gasteiger partial charge in [-0.05, 0) is 48.6 Å². The average Bonchev–Trinajstić information content (AvgIpc) is 3.27. The van der Waals surface area contributed by atoms with Crippen molar-refractivity contribution >= 4 is 17.8 Å². The van der Waals surface area contributed by atoms with E-state index in [0.29, 0.717) is 6.54 Å². The molecule has 6 nitrogen and oxygen atoms in total. The van der Waals surface area contributed by atoms with Crippen LogP contribution in [0.5, 0.6) is 0 Å². The van der Waals surface area contributed by atoms with Crippen LogP contribution in [0.3, 0.4) is 0 Å². The first-order valence-corrected chi connectivity index (χ1v) is 10.4. The third-order valence-corrected chi connectivity index (χ3v) is 5.43. The number of hydrogen-bond donors (Lipinski definition) is 1. The number of hydrogen-bond acceptors (Lipinski definition) is 4. The largest absolute Gasteiger partial charge is 0.357 e. The van der Waals surface area contributed by atoms with Crippen molar-refractivity contribution in [2.45, 2.75) is 26.3 Å². The zero-order valence-corrected chi connectivity index (χ0v) is 17.2. The Morgan fingerprint density at radius 2 is 1.93 bits per heavy atom. The van der Waals surface area contributed by atoms with Crippen LogP contribution in [0, 0.1) is 5.92 Å². The molecule has 1 aromatic carbocycles. The minimum atomic E-state index is -0.142. The summed E-state index contributed by atoms with van der Waals surface area (Å²) in [6, 6.07) is 14.0. The van der Waals surface area contributed by atoms with Gasteiger partial charge in [0.1, 0.15) is 5.82 Å². The molecule has 6 heteroatoms. The van der Waals surface area contributed by atoms with Crippen molar-refractivity contribution in [1.82, 2.24) is 20.1 Å². The van der Waals surface area contributed by atoms with E-state index in [9.17, 15) is 4.79 Å². The molecule has 0 atom stereocenters. The lowest BCUT2D eigenvalue weighted by molar-refractivity contribution is -0.116. The van der Waals surface area contributed by atoms with E-state index in [1.54, 1.807) is 17.0 Å². The number of benzene rings is 1. The Hall–Kier alpha value is -3.41. The van der Waals surface area contributed by atoms with Crippen molar-refractivity contribution in [1.29, 1.82) is 0 Å². The lowest BCUT2D eigenvalue weighted by Crippen LogP contribution is -2.33. The molecule has 1 amide bonds. The Labute approximate surface area is 177 Å². The Kier molecular flexibility index (Phi) is 6.23. The van der Waals surface area contributed by atoms with Crippen LogP contribution in [0.25, 0.3) is 11.8 Å². The van der Waals surface area contributed by atoms with Gasteiger partial charge in [0.15, 0.2) is 0 Å². The fourth-order valence-corrected chi connectivity index (χ4v) is 3.51. The van der Waals surface area contributed by atoms with Gasteiger partial charge in [-0.1, -0.05) is 31.2 Å². The maximum Gasteiger partial charge on any atom is 0.244 e. The normalized spacial score (nSPS) is 14.9. The Bertz CT molecular complexity index is 986. The van der Waals surface area contributed by atoms with Crippen LogP contribution in [0.15, 0.2) is 67.1 Å². The Morgan fingerprint density at radius 3 is 2.67 bits per heavy atom. The molecule has 0 radical (unpaired) electrons. The smallest absolute Gasteiger partial charge is 0.244 e. The molecule has 3 heterocycles. The fraction of sp³-hybridized carbons (Fsp3) is 0.292. The lowest BCUT2D eigenvalue weighted by atomic mass is 9.99. The molecule has 0 bridgehead atoms. The van der Waals surface area contributed by atoms with Crippen LogP contribution in [0.4, 0.5) is 5.82 Å². The summed E-state index contributed by atoms with van der Waals surface area (Å²) in [4.78, 5) is 19.1. The molecule has 2 aromatic heterocycles. The highest BCUT2D eigenvalue weighted by molar-refractivity contribution is 5.91. The number of nitrogens with one attached hydrogen (secondary N) is 1. The highest BCUT2D eigenvalue weighted by Crippen LogP contribution is 2.21. The summed E-state index contributed by atoms with van der Waals surface area (Å²) in [5, 5.41) is 7.24. The van der Waals surface area contributed by atoms with Crippen molar-refractivity contribution in [2.75, 3.05) is 18.0 Å². The number of para-hydroxylation sites is 1. The van der Waals surface area contributed by atoms with E-state index in [2.05, 4.69) is 27.2 Å². The predicted molar refractivity (Wildman–Crippen MR) is 119 cm³/mol. The summed E-state index contributed by atoms with van der Waals surface area (Å²) in [6.45, 7) is 4.89. The first-order chi connectivity index (χ1) is 14.7. The Balaban J connectivity index is 1.27. The van der Waals surface area contributed by atoms with Crippen LogP contribution >= 0.6 is 0 Å². The molecule has 0 spiro atoms. The van der Waals surface area contributed by atoms with Crippen LogP contribution in [0.1, 0.15) is 30.9 Å². The number of amides is 1. The molecule has 4 rings (SSSR count). The molecule has 0 aliphatic carbocycles. The molecule has 3 aromatic rings. The van der Waals surface area contributed by atoms with Crippen molar-refractivity contribution < 1.29 is 4.79 Å². The van der Waals surface area contributed by atoms with Gasteiger partial charge < -0.3 is 10.2 Å². The molecule has 1 N–H and O–H groups in total. The highest BCUT2D eigenvalue weighted by Gasteiger charge is 2.16. The van der Waals surface area contributed by atoms with Crippen LogP contribution in [-0.2, 0) is 11.3 Å². The lowest BCUT2D eigenvalue weighted by Gasteiger charge is -2.31. The molecule has 1 fully saturated rings. The number of nitrogens with zero attached hydrogens (tertiary/aromatic N) is 4. The second-order valence-corrected chi connectivity index (χ2v) is 7.80. The van der Waals surface area contributed by atoms with Crippen molar-refractivity contribution in [3.63, 3.8) is 0 Å². The number of carbonyl (C=O) groups is 1. The number of piperidine rings is 1. The van der Waals surface area contributed by atoms with E-state index in [0.717, 1.165) is 41.6 Å². The first kappa shape index (κ1) is 19.9. The van der Waals surface area contributed by atoms with Crippen LogP contribution in [0.2, 0.25) is 0 Å². The van der Waals surface area contributed by atoms with Crippen molar-refractivity contribution in [3.05, 3.63) is 78.3 Å². The van der Waals surface area contributed by atoms with Gasteiger partial charge in [0.25, 0.3) is 0 Å². The second-order valence-electron chi connectivity index (χ2n) is 7.80. The van der Waals surface area contributed by atoms with E-state index in [4.69, 9.17) is 0 Å². The molecular formula is C24H27N5O. The summed E-state index contributed by atoms with van der Waals surface area (Å²) in [6.07, 6.45) is 11.2. The monoisotopic (exact) mass is 401 g/mol. The molecule has 1 saturated heterocycles. The van der Waals surface area contributed by atoms with Gasteiger partial charge in [0, 0.05) is 43.7 Å². The van der Waals surface area contributed by atoms with E-state index in [1.165, 1.54) is 18.9 Å². The summed E-state index contributed by atoms with van der Waals surface area (Å²) in [5.74, 6) is 1.68. The predicted octanol–water partition coefficient (Wildman–Crippen LogP) is 3.83. The Morgan fingerprint density at radius 1 is 1.13 bits per heavy atom. The second kappa shape index (κ2) is 9.39. The minimum Gasteiger partial charge on any atom is -0.357 e. The quantitative estimate of drug-likeness (QED) is 0.638. The van der Waals surface area contributed by atoms with Gasteiger partial charge in [-0.2, -0.15) is 5.10 Å². The van der Waals surface area contributed by atoms with E-state index in [-0.39, 0.29) is 5.91 Å². The maximum atomic E-state index is 12.2. The van der Waals surface area contributed by atoms with E-state index < -0.39 is 0 Å². The fourth-order valence-electron chi connectivity index (χ4n) is 3.51. The molecular weight excluding hydrogens is 374 g/mol. The zero-order valence-electron chi connectivity index (χ0n) is 17.2. The maximum absolute atomic E-state index is 12.2. The number of carbonyl (C=O) groups excluding carboxylic acids is 1. The number of aromatic nitrogens is 3. The highest BCUT2D eigenvalue weighted by atomic mass is 16.1. The van der Waals surface area contributed by atoms with Crippen molar-refractivity contribution in [3.8, 4) is 5.69 Å². The number of pyridine rings is 1. The van der Waals surface area contributed by atoms with Crippen LogP contribution in [-0.4, -0.2) is 33.8 Å². The van der Waals surface area contributed by atoms with E-state index >= 15 is 0 Å². The average molecular weight is 402 g/mol. The standard InChI is InChI=1S/C24H27N5O/c1-19-11-13-28(14-12-19)23-9-7-20(15-25-23)16-26-24(30)10-8-21-17-27-29(18-21)22-5-3-2-4-6-22/h2-10,15,17-19H,11-14,16H2,1H3,(H,26,30)/b10-8+. The molecule has 1 aliphatic rings. The third kappa shape index (κ3) is 5.14. The summed E-state index contributed by atoms with van der Waals surface area (Å²) < 4.78 is 1.79. The van der Waals surface area contributed by atoms with Gasteiger partial charge in [-0.15, -0.1) is 0 Å². The van der Waals surface area contributed by atoms with Gasteiger partial charge in [-0.3, -0.25) is 4.79 Å². The van der Waals surface area contributed by atoms with Gasteiger partial charge in [-0.25, -0.2) is 9.67 Å². The summed E-state index contributed by atoms with van der Waals surface area (Å²) in [7, 11) is 0. The molecule has 154 valence electrons. The molecule has 0 saturated carbocycles. The van der Waals surface area contributed by atoms with Crippen LogP contribution < -0.4 is 10.2 Å².